The molecule has 0 aliphatic heterocycles. The lowest BCUT2D eigenvalue weighted by Crippen LogP contribution is -2.08. The standard InChI is InChI=1S/C15H23ClO4S/c1-13(9-12-21(16,17)18)7-11-20-15-5-3-14(4-6-15)8-10-19-2/h3-6,13H,7-12H2,1-2H3. The lowest BCUT2D eigenvalue weighted by molar-refractivity contribution is 0.202. The Morgan fingerprint density at radius 2 is 1.81 bits per heavy atom. The number of hydrogen-bond acceptors (Lipinski definition) is 4. The first-order valence-electron chi connectivity index (χ1n) is 7.03. The normalized spacial score (nSPS) is 13.1. The van der Waals surface area contributed by atoms with E-state index in [1.807, 2.05) is 31.2 Å². The van der Waals surface area contributed by atoms with E-state index in [-0.39, 0.29) is 11.7 Å². The van der Waals surface area contributed by atoms with Gasteiger partial charge in [0.25, 0.3) is 0 Å². The van der Waals surface area contributed by atoms with Crippen molar-refractivity contribution in [2.75, 3.05) is 26.1 Å². The van der Waals surface area contributed by atoms with Crippen LogP contribution >= 0.6 is 10.7 Å². The van der Waals surface area contributed by atoms with Crippen LogP contribution in [0.15, 0.2) is 24.3 Å². The number of ether oxygens (including phenoxy) is 2. The predicted molar refractivity (Wildman–Crippen MR) is 85.6 cm³/mol. The maximum absolute atomic E-state index is 10.9. The summed E-state index contributed by atoms with van der Waals surface area (Å²) in [7, 11) is 3.49. The van der Waals surface area contributed by atoms with Gasteiger partial charge in [-0.3, -0.25) is 0 Å². The van der Waals surface area contributed by atoms with Crippen molar-refractivity contribution in [3.63, 3.8) is 0 Å². The molecule has 0 fully saturated rings. The van der Waals surface area contributed by atoms with Crippen LogP contribution in [-0.2, 0) is 20.2 Å². The molecule has 1 atom stereocenters. The van der Waals surface area contributed by atoms with Crippen LogP contribution in [0.1, 0.15) is 25.3 Å². The Morgan fingerprint density at radius 3 is 2.38 bits per heavy atom. The Bertz CT molecular complexity index is 499. The molecule has 21 heavy (non-hydrogen) atoms. The highest BCUT2D eigenvalue weighted by atomic mass is 35.7. The molecule has 0 amide bonds. The molecule has 4 nitrogen and oxygen atoms in total. The highest BCUT2D eigenvalue weighted by molar-refractivity contribution is 8.13. The number of benzene rings is 1. The second-order valence-electron chi connectivity index (χ2n) is 5.16. The molecule has 120 valence electrons. The topological polar surface area (TPSA) is 52.6 Å². The van der Waals surface area contributed by atoms with E-state index in [2.05, 4.69) is 0 Å². The van der Waals surface area contributed by atoms with Gasteiger partial charge in [0.2, 0.25) is 9.05 Å². The lowest BCUT2D eigenvalue weighted by atomic mass is 10.1. The van der Waals surface area contributed by atoms with Crippen molar-refractivity contribution in [3.05, 3.63) is 29.8 Å². The molecule has 1 aromatic carbocycles. The summed E-state index contributed by atoms with van der Waals surface area (Å²) in [4.78, 5) is 0. The van der Waals surface area contributed by atoms with Gasteiger partial charge < -0.3 is 9.47 Å². The molecule has 0 radical (unpaired) electrons. The Morgan fingerprint density at radius 1 is 1.14 bits per heavy atom. The Balaban J connectivity index is 2.25. The van der Waals surface area contributed by atoms with Crippen molar-refractivity contribution in [2.45, 2.75) is 26.2 Å². The molecule has 0 spiro atoms. The Kier molecular flexibility index (Phi) is 8.07. The summed E-state index contributed by atoms with van der Waals surface area (Å²) in [6.45, 7) is 3.28. The molecular formula is C15H23ClO4S. The van der Waals surface area contributed by atoms with E-state index in [4.69, 9.17) is 20.2 Å². The molecule has 0 saturated heterocycles. The number of rotatable bonds is 10. The highest BCUT2D eigenvalue weighted by Crippen LogP contribution is 2.15. The molecule has 0 aliphatic carbocycles. The zero-order valence-corrected chi connectivity index (χ0v) is 14.1. The van der Waals surface area contributed by atoms with Gasteiger partial charge in [0, 0.05) is 17.8 Å². The van der Waals surface area contributed by atoms with Gasteiger partial charge in [-0.1, -0.05) is 19.1 Å². The van der Waals surface area contributed by atoms with Gasteiger partial charge in [0.1, 0.15) is 5.75 Å². The number of hydrogen-bond donors (Lipinski definition) is 0. The summed E-state index contributed by atoms with van der Waals surface area (Å²) in [6.07, 6.45) is 2.25. The number of halogens is 1. The zero-order chi connectivity index (χ0) is 15.7. The molecule has 0 N–H and O–H groups in total. The van der Waals surface area contributed by atoms with Crippen LogP contribution in [0.3, 0.4) is 0 Å². The quantitative estimate of drug-likeness (QED) is 0.616. The molecule has 0 bridgehead atoms. The maximum atomic E-state index is 10.9. The van der Waals surface area contributed by atoms with Gasteiger partial charge in [-0.25, -0.2) is 8.42 Å². The van der Waals surface area contributed by atoms with Crippen LogP contribution in [0.4, 0.5) is 0 Å². The summed E-state index contributed by atoms with van der Waals surface area (Å²) in [6, 6.07) is 7.94. The van der Waals surface area contributed by atoms with E-state index < -0.39 is 9.05 Å². The van der Waals surface area contributed by atoms with Gasteiger partial charge >= 0.3 is 0 Å². The Hall–Kier alpha value is -0.780. The average molecular weight is 335 g/mol. The second kappa shape index (κ2) is 9.28. The summed E-state index contributed by atoms with van der Waals surface area (Å²) in [5.41, 5.74) is 1.21. The van der Waals surface area contributed by atoms with Gasteiger partial charge in [-0.05, 0) is 42.9 Å². The molecule has 6 heteroatoms. The summed E-state index contributed by atoms with van der Waals surface area (Å²) in [5.74, 6) is 1.11. The van der Waals surface area contributed by atoms with Gasteiger partial charge in [-0.2, -0.15) is 0 Å². The third-order valence-corrected chi connectivity index (χ3v) is 4.44. The Labute approximate surface area is 131 Å². The molecule has 1 unspecified atom stereocenters. The van der Waals surface area contributed by atoms with Crippen molar-refractivity contribution < 1.29 is 17.9 Å². The van der Waals surface area contributed by atoms with Crippen LogP contribution in [0.5, 0.6) is 5.75 Å². The molecule has 1 aromatic rings. The third kappa shape index (κ3) is 8.96. The van der Waals surface area contributed by atoms with Crippen LogP contribution in [0, 0.1) is 5.92 Å². The van der Waals surface area contributed by atoms with Crippen molar-refractivity contribution in [3.8, 4) is 5.75 Å². The minimum atomic E-state index is -3.39. The van der Waals surface area contributed by atoms with E-state index in [1.165, 1.54) is 5.56 Å². The van der Waals surface area contributed by atoms with Gasteiger partial charge in [0.15, 0.2) is 0 Å². The highest BCUT2D eigenvalue weighted by Gasteiger charge is 2.09. The first kappa shape index (κ1) is 18.3. The molecule has 0 saturated carbocycles. The first-order valence-corrected chi connectivity index (χ1v) is 9.51. The van der Waals surface area contributed by atoms with Crippen LogP contribution in [0.2, 0.25) is 0 Å². The van der Waals surface area contributed by atoms with Crippen molar-refractivity contribution >= 4 is 19.7 Å². The second-order valence-corrected chi connectivity index (χ2v) is 8.06. The van der Waals surface area contributed by atoms with E-state index in [9.17, 15) is 8.42 Å². The smallest absolute Gasteiger partial charge is 0.232 e. The summed E-state index contributed by atoms with van der Waals surface area (Å²) in [5, 5.41) is 0. The molecule has 0 aliphatic rings. The fraction of sp³-hybridized carbons (Fsp3) is 0.600. The van der Waals surface area contributed by atoms with Crippen molar-refractivity contribution in [2.24, 2.45) is 5.92 Å². The minimum Gasteiger partial charge on any atom is -0.494 e. The first-order chi connectivity index (χ1) is 9.90. The number of methoxy groups -OCH3 is 1. The predicted octanol–water partition coefficient (Wildman–Crippen LogP) is 3.24. The van der Waals surface area contributed by atoms with Crippen LogP contribution in [-0.4, -0.2) is 34.5 Å². The van der Waals surface area contributed by atoms with Gasteiger partial charge in [0.05, 0.1) is 19.0 Å². The summed E-state index contributed by atoms with van der Waals surface area (Å²) >= 11 is 0. The minimum absolute atomic E-state index is 0.0178. The molecule has 0 heterocycles. The van der Waals surface area contributed by atoms with E-state index >= 15 is 0 Å². The fourth-order valence-electron chi connectivity index (χ4n) is 1.84. The largest absolute Gasteiger partial charge is 0.494 e. The monoisotopic (exact) mass is 334 g/mol. The van der Waals surface area contributed by atoms with E-state index in [0.29, 0.717) is 19.6 Å². The van der Waals surface area contributed by atoms with Crippen LogP contribution in [0.25, 0.3) is 0 Å². The zero-order valence-electron chi connectivity index (χ0n) is 12.5. The maximum Gasteiger partial charge on any atom is 0.232 e. The average Bonchev–Trinajstić information content (AvgIpc) is 2.43. The SMILES string of the molecule is COCCc1ccc(OCCC(C)CCS(=O)(=O)Cl)cc1. The van der Waals surface area contributed by atoms with Crippen LogP contribution < -0.4 is 4.74 Å². The van der Waals surface area contributed by atoms with Crippen molar-refractivity contribution in [1.82, 2.24) is 0 Å². The van der Waals surface area contributed by atoms with Crippen molar-refractivity contribution in [1.29, 1.82) is 0 Å². The van der Waals surface area contributed by atoms with E-state index in [0.717, 1.165) is 18.6 Å². The molecule has 0 aromatic heterocycles. The lowest BCUT2D eigenvalue weighted by Gasteiger charge is -2.11. The summed E-state index contributed by atoms with van der Waals surface area (Å²) < 4.78 is 32.4. The van der Waals surface area contributed by atoms with Gasteiger partial charge in [-0.15, -0.1) is 0 Å². The molecular weight excluding hydrogens is 312 g/mol. The third-order valence-electron chi connectivity index (χ3n) is 3.25. The van der Waals surface area contributed by atoms with E-state index in [1.54, 1.807) is 7.11 Å². The fourth-order valence-corrected chi connectivity index (χ4v) is 2.79. The molecule has 1 rings (SSSR count).